The molecule has 0 spiro atoms. The van der Waals surface area contributed by atoms with Crippen LogP contribution in [-0.2, 0) is 32.0 Å². The number of rotatable bonds is 5. The van der Waals surface area contributed by atoms with E-state index >= 15 is 0 Å². The Morgan fingerprint density at radius 2 is 1.98 bits per heavy atom. The molecule has 10 nitrogen and oxygen atoms in total. The Bertz CT molecular complexity index is 1720. The first-order valence-corrected chi connectivity index (χ1v) is 15.7. The molecule has 4 aliphatic heterocycles. The van der Waals surface area contributed by atoms with Crippen LogP contribution in [0.25, 0.3) is 16.5 Å². The first kappa shape index (κ1) is 27.6. The van der Waals surface area contributed by atoms with Gasteiger partial charge in [0.25, 0.3) is 11.8 Å². The summed E-state index contributed by atoms with van der Waals surface area (Å²) in [5, 5.41) is 16.3. The van der Waals surface area contributed by atoms with E-state index in [-0.39, 0.29) is 30.7 Å². The van der Waals surface area contributed by atoms with Crippen LogP contribution < -0.4 is 5.32 Å². The Hall–Kier alpha value is -3.99. The van der Waals surface area contributed by atoms with Crippen molar-refractivity contribution in [3.8, 4) is 0 Å². The lowest BCUT2D eigenvalue weighted by atomic mass is 9.79. The number of nitrogens with one attached hydrogen (secondary N) is 2. The van der Waals surface area contributed by atoms with Crippen molar-refractivity contribution in [1.29, 1.82) is 0 Å². The minimum atomic E-state index is -2.04. The molecule has 1 aromatic heterocycles. The van der Waals surface area contributed by atoms with Crippen LogP contribution >= 0.6 is 0 Å². The SMILES string of the molecule is CC[C@@]1(NC(=O)[C@@H]2C=C3c4cccc5[nH]cc(c45)C[C@H]3N(C)C2)O[C@@]2(O)[C@@H]3CCCN3C(=O)[C@@H](Cc3ccccc3)N2C1=O. The molecule has 3 N–H and O–H groups in total. The monoisotopic (exact) mass is 595 g/mol. The number of carbonyl (C=O) groups is 3. The van der Waals surface area contributed by atoms with E-state index in [1.165, 1.54) is 15.8 Å². The van der Waals surface area contributed by atoms with E-state index in [1.807, 2.05) is 49.5 Å². The second-order valence-electron chi connectivity index (χ2n) is 12.9. The van der Waals surface area contributed by atoms with Crippen molar-refractivity contribution in [3.63, 3.8) is 0 Å². The fourth-order valence-electron chi connectivity index (χ4n) is 8.32. The maximum absolute atomic E-state index is 14.4. The summed E-state index contributed by atoms with van der Waals surface area (Å²) in [6.45, 7) is 2.73. The van der Waals surface area contributed by atoms with Gasteiger partial charge >= 0.3 is 0 Å². The molecule has 6 atom stereocenters. The summed E-state index contributed by atoms with van der Waals surface area (Å²) in [4.78, 5) is 50.8. The summed E-state index contributed by atoms with van der Waals surface area (Å²) in [6, 6.07) is 14.2. The summed E-state index contributed by atoms with van der Waals surface area (Å²) in [5.74, 6) is -3.70. The Morgan fingerprint density at radius 3 is 2.77 bits per heavy atom. The standard InChI is InChI=1S/C34H37N5O5/c1-3-33(36-30(40)22-16-24-23-11-7-12-25-29(23)21(18-35-25)17-26(24)37(2)19-22)32(42)39-27(15-20-9-5-4-6-10-20)31(41)38-14-8-13-28(38)34(39,43)44-33/h4-7,9-12,16,18,22,26-28,35,43H,3,8,13-15,17,19H2,1-2H3,(H,36,40)/t22-,26-,27-,28+,33-,34+/m1/s1. The van der Waals surface area contributed by atoms with E-state index in [0.29, 0.717) is 25.9 Å². The molecule has 0 unspecified atom stereocenters. The molecule has 5 aliphatic rings. The molecule has 8 rings (SSSR count). The quantitative estimate of drug-likeness (QED) is 0.417. The van der Waals surface area contributed by atoms with Crippen molar-refractivity contribution in [2.24, 2.45) is 5.92 Å². The molecule has 3 saturated heterocycles. The van der Waals surface area contributed by atoms with Gasteiger partial charge in [-0.2, -0.15) is 0 Å². The summed E-state index contributed by atoms with van der Waals surface area (Å²) >= 11 is 0. The van der Waals surface area contributed by atoms with Gasteiger partial charge in [0.05, 0.1) is 5.92 Å². The minimum Gasteiger partial charge on any atom is -0.361 e. The number of fused-ring (bicyclic) bond motifs is 5. The van der Waals surface area contributed by atoms with Gasteiger partial charge in [0.2, 0.25) is 17.5 Å². The van der Waals surface area contributed by atoms with Crippen molar-refractivity contribution < 1.29 is 24.2 Å². The first-order chi connectivity index (χ1) is 21.2. The first-order valence-electron chi connectivity index (χ1n) is 15.7. The van der Waals surface area contributed by atoms with E-state index < -0.39 is 35.5 Å². The van der Waals surface area contributed by atoms with Crippen LogP contribution in [0.5, 0.6) is 0 Å². The molecule has 44 heavy (non-hydrogen) atoms. The molecule has 10 heteroatoms. The van der Waals surface area contributed by atoms with Crippen molar-refractivity contribution in [1.82, 2.24) is 25.0 Å². The number of aromatic amines is 1. The molecule has 3 amide bonds. The lowest BCUT2D eigenvalue weighted by Gasteiger charge is -2.48. The number of hydrogen-bond donors (Lipinski definition) is 3. The molecule has 0 bridgehead atoms. The maximum Gasteiger partial charge on any atom is 0.281 e. The molecule has 0 saturated carbocycles. The largest absolute Gasteiger partial charge is 0.361 e. The number of aliphatic hydroxyl groups is 1. The minimum absolute atomic E-state index is 0.100. The summed E-state index contributed by atoms with van der Waals surface area (Å²) in [7, 11) is 2.03. The zero-order valence-electron chi connectivity index (χ0n) is 25.0. The number of piperazine rings is 1. The fourth-order valence-corrected chi connectivity index (χ4v) is 8.32. The van der Waals surface area contributed by atoms with Gasteiger partial charge in [-0.25, -0.2) is 0 Å². The second kappa shape index (κ2) is 9.76. The number of likely N-dealkylation sites (N-methyl/N-ethyl adjacent to an activating group) is 1. The van der Waals surface area contributed by atoms with Gasteiger partial charge in [-0.05, 0) is 54.6 Å². The van der Waals surface area contributed by atoms with E-state index in [2.05, 4.69) is 33.5 Å². The number of benzene rings is 2. The molecule has 3 fully saturated rings. The topological polar surface area (TPSA) is 118 Å². The highest BCUT2D eigenvalue weighted by Gasteiger charge is 2.70. The Kier molecular flexibility index (Phi) is 6.11. The van der Waals surface area contributed by atoms with Crippen molar-refractivity contribution in [2.45, 2.75) is 68.8 Å². The lowest BCUT2D eigenvalue weighted by Crippen LogP contribution is -2.71. The van der Waals surface area contributed by atoms with Crippen molar-refractivity contribution in [2.75, 3.05) is 20.1 Å². The third kappa shape index (κ3) is 3.80. The van der Waals surface area contributed by atoms with Crippen molar-refractivity contribution >= 4 is 34.2 Å². The normalized spacial score (nSPS) is 32.8. The average Bonchev–Trinajstić information content (AvgIpc) is 3.74. The molecular weight excluding hydrogens is 558 g/mol. The fraction of sp³-hybridized carbons (Fsp3) is 0.441. The van der Waals surface area contributed by atoms with Crippen LogP contribution in [0.15, 0.2) is 60.8 Å². The highest BCUT2D eigenvalue weighted by atomic mass is 16.7. The van der Waals surface area contributed by atoms with Crippen LogP contribution in [0.1, 0.15) is 42.9 Å². The number of H-pyrrole nitrogens is 1. The summed E-state index contributed by atoms with van der Waals surface area (Å²) < 4.78 is 6.38. The number of carbonyl (C=O) groups excluding carboxylic acids is 3. The third-order valence-corrected chi connectivity index (χ3v) is 10.5. The van der Waals surface area contributed by atoms with Crippen LogP contribution in [-0.4, -0.2) is 92.4 Å². The van der Waals surface area contributed by atoms with Gasteiger partial charge in [0, 0.05) is 49.1 Å². The lowest BCUT2D eigenvalue weighted by molar-refractivity contribution is -0.317. The van der Waals surface area contributed by atoms with E-state index in [0.717, 1.165) is 28.6 Å². The van der Waals surface area contributed by atoms with E-state index in [1.54, 1.807) is 11.8 Å². The predicted octanol–water partition coefficient (Wildman–Crippen LogP) is 2.38. The predicted molar refractivity (Wildman–Crippen MR) is 163 cm³/mol. The van der Waals surface area contributed by atoms with Gasteiger partial charge in [-0.1, -0.05) is 55.5 Å². The van der Waals surface area contributed by atoms with E-state index in [9.17, 15) is 19.5 Å². The zero-order chi connectivity index (χ0) is 30.4. The van der Waals surface area contributed by atoms with Gasteiger partial charge in [-0.15, -0.1) is 0 Å². The molecule has 0 radical (unpaired) electrons. The van der Waals surface area contributed by atoms with Crippen LogP contribution in [0.4, 0.5) is 0 Å². The van der Waals surface area contributed by atoms with Crippen LogP contribution in [0.3, 0.4) is 0 Å². The van der Waals surface area contributed by atoms with Crippen LogP contribution in [0.2, 0.25) is 0 Å². The van der Waals surface area contributed by atoms with Gasteiger partial charge < -0.3 is 20.3 Å². The zero-order valence-corrected chi connectivity index (χ0v) is 25.0. The third-order valence-electron chi connectivity index (χ3n) is 10.5. The van der Waals surface area contributed by atoms with E-state index in [4.69, 9.17) is 4.74 Å². The Labute approximate surface area is 255 Å². The number of nitrogens with zero attached hydrogens (tertiary/aromatic N) is 3. The summed E-state index contributed by atoms with van der Waals surface area (Å²) in [6.07, 6.45) is 6.51. The Morgan fingerprint density at radius 1 is 1.16 bits per heavy atom. The number of amides is 3. The van der Waals surface area contributed by atoms with Gasteiger partial charge in [0.15, 0.2) is 0 Å². The molecule has 1 aliphatic carbocycles. The van der Waals surface area contributed by atoms with Gasteiger partial charge in [0.1, 0.15) is 12.1 Å². The second-order valence-corrected chi connectivity index (χ2v) is 12.9. The Balaban J connectivity index is 1.13. The highest BCUT2D eigenvalue weighted by Crippen LogP contribution is 2.47. The van der Waals surface area contributed by atoms with Gasteiger partial charge in [-0.3, -0.25) is 28.9 Å². The number of hydrogen-bond acceptors (Lipinski definition) is 6. The number of aromatic nitrogens is 1. The maximum atomic E-state index is 14.4. The molecule has 2 aromatic carbocycles. The van der Waals surface area contributed by atoms with Crippen LogP contribution in [0, 0.1) is 5.92 Å². The molecule has 3 aromatic rings. The summed E-state index contributed by atoms with van der Waals surface area (Å²) in [5.41, 5.74) is 3.64. The average molecular weight is 596 g/mol. The number of ether oxygens (including phenoxy) is 1. The molecular formula is C34H37N5O5. The highest BCUT2D eigenvalue weighted by molar-refractivity contribution is 6.01. The van der Waals surface area contributed by atoms with Crippen molar-refractivity contribution in [3.05, 3.63) is 77.5 Å². The molecule has 5 heterocycles. The smallest absolute Gasteiger partial charge is 0.281 e. The molecule has 228 valence electrons.